The van der Waals surface area contributed by atoms with Crippen LogP contribution in [0.4, 0.5) is 0 Å². The van der Waals surface area contributed by atoms with Crippen molar-refractivity contribution in [3.63, 3.8) is 0 Å². The molecule has 4 aromatic heterocycles. The quantitative estimate of drug-likeness (QED) is 0.304. The van der Waals surface area contributed by atoms with Gasteiger partial charge in [-0.3, -0.25) is 18.5 Å². The van der Waals surface area contributed by atoms with Gasteiger partial charge in [0.25, 0.3) is 0 Å². The number of nitrogens with zero attached hydrogens (tertiary/aromatic N) is 7. The molecule has 5 rings (SSSR count). The SMILES string of the molecule is C[Si](C)(C)CCOCn1c(=O)n(C2CCOCC2)c2nc(-c3cnc4cnccn34)ncc21. The molecule has 10 nitrogen and oxygen atoms in total. The number of aromatic nitrogens is 7. The van der Waals surface area contributed by atoms with E-state index >= 15 is 0 Å². The molecule has 0 amide bonds. The van der Waals surface area contributed by atoms with Crippen LogP contribution in [0.25, 0.3) is 28.3 Å². The van der Waals surface area contributed by atoms with Gasteiger partial charge in [0, 0.05) is 46.3 Å². The predicted octanol–water partition coefficient (Wildman–Crippen LogP) is 2.97. The Labute approximate surface area is 192 Å². The number of rotatable bonds is 7. The maximum absolute atomic E-state index is 13.5. The second kappa shape index (κ2) is 8.80. The first-order valence-corrected chi connectivity index (χ1v) is 15.0. The number of hydrogen-bond acceptors (Lipinski definition) is 7. The van der Waals surface area contributed by atoms with Gasteiger partial charge in [-0.25, -0.2) is 19.7 Å². The zero-order valence-electron chi connectivity index (χ0n) is 19.3. The topological polar surface area (TPSA) is 101 Å². The normalized spacial score (nSPS) is 15.6. The Bertz CT molecular complexity index is 1330. The number of imidazole rings is 2. The van der Waals surface area contributed by atoms with Crippen molar-refractivity contribution in [1.82, 2.24) is 33.5 Å². The van der Waals surface area contributed by atoms with Crippen molar-refractivity contribution in [2.75, 3.05) is 19.8 Å². The summed E-state index contributed by atoms with van der Waals surface area (Å²) in [6.07, 6.45) is 10.2. The molecule has 1 fully saturated rings. The van der Waals surface area contributed by atoms with E-state index in [0.29, 0.717) is 42.5 Å². The molecular weight excluding hydrogens is 438 g/mol. The van der Waals surface area contributed by atoms with Crippen molar-refractivity contribution in [2.24, 2.45) is 0 Å². The van der Waals surface area contributed by atoms with Gasteiger partial charge in [-0.1, -0.05) is 19.6 Å². The largest absolute Gasteiger partial charge is 0.381 e. The summed E-state index contributed by atoms with van der Waals surface area (Å²) in [5.41, 5.74) is 2.65. The number of ether oxygens (including phenoxy) is 2. The van der Waals surface area contributed by atoms with E-state index in [1.807, 2.05) is 10.6 Å². The van der Waals surface area contributed by atoms with Gasteiger partial charge in [0.1, 0.15) is 17.9 Å². The average molecular weight is 468 g/mol. The molecule has 0 atom stereocenters. The van der Waals surface area contributed by atoms with Gasteiger partial charge in [-0.15, -0.1) is 0 Å². The summed E-state index contributed by atoms with van der Waals surface area (Å²) in [5.74, 6) is 0.513. The highest BCUT2D eigenvalue weighted by Gasteiger charge is 2.25. The van der Waals surface area contributed by atoms with Gasteiger partial charge in [0.05, 0.1) is 18.6 Å². The lowest BCUT2D eigenvalue weighted by atomic mass is 10.1. The molecule has 0 saturated carbocycles. The Morgan fingerprint density at radius 3 is 2.76 bits per heavy atom. The molecule has 1 saturated heterocycles. The summed E-state index contributed by atoms with van der Waals surface area (Å²) in [5, 5.41) is 0. The van der Waals surface area contributed by atoms with Crippen LogP contribution in [0.1, 0.15) is 18.9 Å². The third kappa shape index (κ3) is 4.35. The Morgan fingerprint density at radius 2 is 1.97 bits per heavy atom. The van der Waals surface area contributed by atoms with Crippen LogP contribution in [0.15, 0.2) is 35.8 Å². The zero-order valence-corrected chi connectivity index (χ0v) is 20.3. The zero-order chi connectivity index (χ0) is 23.0. The fourth-order valence-corrected chi connectivity index (χ4v) is 4.88. The fourth-order valence-electron chi connectivity index (χ4n) is 4.12. The summed E-state index contributed by atoms with van der Waals surface area (Å²) < 4.78 is 16.8. The van der Waals surface area contributed by atoms with Gasteiger partial charge >= 0.3 is 5.69 Å². The Balaban J connectivity index is 1.56. The van der Waals surface area contributed by atoms with Gasteiger partial charge < -0.3 is 9.47 Å². The third-order valence-corrected chi connectivity index (χ3v) is 7.73. The molecule has 0 aliphatic carbocycles. The highest BCUT2D eigenvalue weighted by Crippen LogP contribution is 2.25. The van der Waals surface area contributed by atoms with Crippen molar-refractivity contribution in [3.8, 4) is 11.5 Å². The molecule has 1 aliphatic rings. The monoisotopic (exact) mass is 467 g/mol. The lowest BCUT2D eigenvalue weighted by Gasteiger charge is -2.22. The van der Waals surface area contributed by atoms with E-state index in [-0.39, 0.29) is 18.5 Å². The smallest absolute Gasteiger partial charge is 0.332 e. The summed E-state index contributed by atoms with van der Waals surface area (Å²) in [4.78, 5) is 31.5. The molecule has 0 spiro atoms. The summed E-state index contributed by atoms with van der Waals surface area (Å²) in [7, 11) is -1.21. The van der Waals surface area contributed by atoms with Crippen LogP contribution < -0.4 is 5.69 Å². The van der Waals surface area contributed by atoms with Crippen LogP contribution in [0, 0.1) is 0 Å². The number of hydrogen-bond donors (Lipinski definition) is 0. The Hall–Kier alpha value is -2.89. The minimum Gasteiger partial charge on any atom is -0.381 e. The lowest BCUT2D eigenvalue weighted by Crippen LogP contribution is -2.31. The van der Waals surface area contributed by atoms with Gasteiger partial charge in [-0.2, -0.15) is 0 Å². The first-order chi connectivity index (χ1) is 15.9. The second-order valence-corrected chi connectivity index (χ2v) is 15.2. The van der Waals surface area contributed by atoms with E-state index in [4.69, 9.17) is 14.5 Å². The molecule has 0 radical (unpaired) electrons. The van der Waals surface area contributed by atoms with Crippen LogP contribution >= 0.6 is 0 Å². The maximum atomic E-state index is 13.5. The van der Waals surface area contributed by atoms with Crippen LogP contribution in [-0.4, -0.2) is 61.4 Å². The highest BCUT2D eigenvalue weighted by atomic mass is 28.3. The van der Waals surface area contributed by atoms with Crippen molar-refractivity contribution in [2.45, 2.75) is 51.3 Å². The van der Waals surface area contributed by atoms with Crippen molar-refractivity contribution < 1.29 is 9.47 Å². The van der Waals surface area contributed by atoms with E-state index < -0.39 is 8.07 Å². The van der Waals surface area contributed by atoms with E-state index in [9.17, 15) is 4.79 Å². The van der Waals surface area contributed by atoms with Crippen molar-refractivity contribution >= 4 is 24.9 Å². The standard InChI is InChI=1S/C22H29N7O3Si/c1-33(2,3)11-10-32-15-28-18-13-25-20(17-12-24-19-14-23-6-7-27(17)19)26-21(18)29(22(28)30)16-4-8-31-9-5-16/h6-7,12-14,16H,4-5,8-11,15H2,1-3H3. The fraction of sp³-hybridized carbons (Fsp3) is 0.500. The molecule has 0 N–H and O–H groups in total. The van der Waals surface area contributed by atoms with Crippen LogP contribution in [0.2, 0.25) is 25.7 Å². The third-order valence-electron chi connectivity index (χ3n) is 6.03. The molecule has 0 aromatic carbocycles. The van der Waals surface area contributed by atoms with Crippen LogP contribution in [0.5, 0.6) is 0 Å². The van der Waals surface area contributed by atoms with E-state index in [1.165, 1.54) is 0 Å². The molecular formula is C22H29N7O3Si. The van der Waals surface area contributed by atoms with E-state index in [2.05, 4.69) is 34.6 Å². The molecule has 174 valence electrons. The van der Waals surface area contributed by atoms with Crippen LogP contribution in [0.3, 0.4) is 0 Å². The maximum Gasteiger partial charge on any atom is 0.332 e. The lowest BCUT2D eigenvalue weighted by molar-refractivity contribution is 0.0669. The first kappa shape index (κ1) is 21.9. The summed E-state index contributed by atoms with van der Waals surface area (Å²) in [6, 6.07) is 1.08. The molecule has 4 aromatic rings. The Kier molecular flexibility index (Phi) is 5.85. The average Bonchev–Trinajstić information content (AvgIpc) is 3.35. The van der Waals surface area contributed by atoms with Gasteiger partial charge in [0.2, 0.25) is 0 Å². The van der Waals surface area contributed by atoms with Gasteiger partial charge in [-0.05, 0) is 18.9 Å². The second-order valence-electron chi connectivity index (χ2n) is 9.62. The van der Waals surface area contributed by atoms with Crippen molar-refractivity contribution in [3.05, 3.63) is 41.5 Å². The highest BCUT2D eigenvalue weighted by molar-refractivity contribution is 6.76. The first-order valence-electron chi connectivity index (χ1n) is 11.3. The molecule has 11 heteroatoms. The Morgan fingerprint density at radius 1 is 1.15 bits per heavy atom. The van der Waals surface area contributed by atoms with E-state index in [1.54, 1.807) is 33.9 Å². The summed E-state index contributed by atoms with van der Waals surface area (Å²) >= 11 is 0. The predicted molar refractivity (Wildman–Crippen MR) is 127 cm³/mol. The molecule has 0 bridgehead atoms. The van der Waals surface area contributed by atoms with Crippen molar-refractivity contribution in [1.29, 1.82) is 0 Å². The molecule has 0 unspecified atom stereocenters. The van der Waals surface area contributed by atoms with Gasteiger partial charge in [0.15, 0.2) is 17.1 Å². The molecule has 1 aliphatic heterocycles. The minimum absolute atomic E-state index is 0.0334. The summed E-state index contributed by atoms with van der Waals surface area (Å²) in [6.45, 7) is 9.03. The number of fused-ring (bicyclic) bond motifs is 2. The molecule has 33 heavy (non-hydrogen) atoms. The minimum atomic E-state index is -1.21. The van der Waals surface area contributed by atoms with Crippen LogP contribution in [-0.2, 0) is 16.2 Å². The van der Waals surface area contributed by atoms with E-state index in [0.717, 1.165) is 24.6 Å². The molecule has 5 heterocycles.